The molecule has 0 radical (unpaired) electrons. The van der Waals surface area contributed by atoms with Crippen LogP contribution in [0.15, 0.2) is 24.3 Å². The summed E-state index contributed by atoms with van der Waals surface area (Å²) in [5.41, 5.74) is 9.29. The van der Waals surface area contributed by atoms with Gasteiger partial charge in [-0.25, -0.2) is 0 Å². The molecule has 0 aromatic heterocycles. The van der Waals surface area contributed by atoms with Crippen LogP contribution in [0, 0.1) is 11.3 Å². The van der Waals surface area contributed by atoms with Crippen molar-refractivity contribution in [1.29, 1.82) is 5.26 Å². The van der Waals surface area contributed by atoms with Crippen molar-refractivity contribution < 1.29 is 0 Å². The van der Waals surface area contributed by atoms with Gasteiger partial charge in [-0.2, -0.15) is 5.26 Å². The van der Waals surface area contributed by atoms with Crippen LogP contribution in [0.2, 0.25) is 0 Å². The molecule has 0 saturated heterocycles. The molecule has 1 aliphatic heterocycles. The summed E-state index contributed by atoms with van der Waals surface area (Å²) in [5, 5.41) is 9.08. The van der Waals surface area contributed by atoms with Gasteiger partial charge in [0.2, 0.25) is 0 Å². The first-order valence-electron chi connectivity index (χ1n) is 5.38. The van der Waals surface area contributed by atoms with Crippen LogP contribution >= 0.6 is 0 Å². The van der Waals surface area contributed by atoms with Crippen molar-refractivity contribution in [3.8, 4) is 6.07 Å². The topological polar surface area (TPSA) is 53.0 Å². The third-order valence-corrected chi connectivity index (χ3v) is 2.92. The monoisotopic (exact) mass is 213 g/mol. The summed E-state index contributed by atoms with van der Waals surface area (Å²) in [7, 11) is 2.10. The number of anilines is 1. The lowest BCUT2D eigenvalue weighted by Gasteiger charge is -2.22. The molecule has 0 atom stereocenters. The first-order valence-corrected chi connectivity index (χ1v) is 5.38. The molecule has 2 rings (SSSR count). The first-order chi connectivity index (χ1) is 7.70. The van der Waals surface area contributed by atoms with E-state index < -0.39 is 0 Å². The van der Waals surface area contributed by atoms with Crippen molar-refractivity contribution in [2.45, 2.75) is 6.42 Å². The number of nitrogens with zero attached hydrogens (tertiary/aromatic N) is 2. The SMILES string of the molecule is CN1CC=C(c2ccc(N)cc2C#N)CC1. The molecule has 0 fully saturated rings. The minimum Gasteiger partial charge on any atom is -0.399 e. The van der Waals surface area contributed by atoms with Gasteiger partial charge in [0.25, 0.3) is 0 Å². The molecule has 1 aliphatic rings. The largest absolute Gasteiger partial charge is 0.399 e. The summed E-state index contributed by atoms with van der Waals surface area (Å²) in [6, 6.07) is 7.76. The lowest BCUT2D eigenvalue weighted by molar-refractivity contribution is 0.370. The van der Waals surface area contributed by atoms with Crippen LogP contribution in [0.3, 0.4) is 0 Å². The summed E-state index contributed by atoms with van der Waals surface area (Å²) in [6.45, 7) is 1.99. The number of rotatable bonds is 1. The maximum Gasteiger partial charge on any atom is 0.0998 e. The van der Waals surface area contributed by atoms with E-state index in [9.17, 15) is 0 Å². The molecule has 3 nitrogen and oxygen atoms in total. The number of nitriles is 1. The average Bonchev–Trinajstić information content (AvgIpc) is 2.30. The summed E-state index contributed by atoms with van der Waals surface area (Å²) in [6.07, 6.45) is 3.19. The van der Waals surface area contributed by atoms with E-state index in [4.69, 9.17) is 11.0 Å². The summed E-state index contributed by atoms with van der Waals surface area (Å²) >= 11 is 0. The molecule has 0 saturated carbocycles. The highest BCUT2D eigenvalue weighted by atomic mass is 15.1. The third-order valence-electron chi connectivity index (χ3n) is 2.92. The number of nitrogen functional groups attached to an aromatic ring is 1. The number of hydrogen-bond acceptors (Lipinski definition) is 3. The Kier molecular flexibility index (Phi) is 2.93. The predicted molar refractivity (Wildman–Crippen MR) is 65.7 cm³/mol. The van der Waals surface area contributed by atoms with Gasteiger partial charge in [-0.1, -0.05) is 12.1 Å². The molecule has 1 aromatic rings. The van der Waals surface area contributed by atoms with Crippen LogP contribution in [-0.2, 0) is 0 Å². The third kappa shape index (κ3) is 2.07. The molecule has 0 bridgehead atoms. The highest BCUT2D eigenvalue weighted by molar-refractivity contribution is 5.73. The van der Waals surface area contributed by atoms with Gasteiger partial charge in [0.15, 0.2) is 0 Å². The Morgan fingerprint density at radius 2 is 2.25 bits per heavy atom. The summed E-state index contributed by atoms with van der Waals surface area (Å²) < 4.78 is 0. The van der Waals surface area contributed by atoms with Gasteiger partial charge in [-0.3, -0.25) is 0 Å². The van der Waals surface area contributed by atoms with E-state index in [1.807, 2.05) is 12.1 Å². The van der Waals surface area contributed by atoms with Crippen molar-refractivity contribution in [2.24, 2.45) is 0 Å². The molecule has 3 heteroatoms. The fourth-order valence-electron chi connectivity index (χ4n) is 1.95. The van der Waals surface area contributed by atoms with E-state index in [-0.39, 0.29) is 0 Å². The molecule has 1 aromatic carbocycles. The van der Waals surface area contributed by atoms with Crippen LogP contribution in [0.5, 0.6) is 0 Å². The standard InChI is InChI=1S/C13H15N3/c1-16-6-4-10(5-7-16)13-3-2-12(15)8-11(13)9-14/h2-4,8H,5-7,15H2,1H3. The predicted octanol–water partition coefficient (Wildman–Crippen LogP) is 1.86. The van der Waals surface area contributed by atoms with Crippen LogP contribution in [-0.4, -0.2) is 25.0 Å². The van der Waals surface area contributed by atoms with E-state index in [0.717, 1.165) is 25.1 Å². The van der Waals surface area contributed by atoms with Crippen LogP contribution in [0.4, 0.5) is 5.69 Å². The zero-order valence-electron chi connectivity index (χ0n) is 9.40. The maximum atomic E-state index is 9.08. The van der Waals surface area contributed by atoms with E-state index in [2.05, 4.69) is 24.1 Å². The second kappa shape index (κ2) is 4.38. The van der Waals surface area contributed by atoms with E-state index >= 15 is 0 Å². The van der Waals surface area contributed by atoms with Crippen molar-refractivity contribution in [3.63, 3.8) is 0 Å². The fourth-order valence-corrected chi connectivity index (χ4v) is 1.95. The zero-order chi connectivity index (χ0) is 11.5. The number of nitrogens with two attached hydrogens (primary N) is 1. The summed E-state index contributed by atoms with van der Waals surface area (Å²) in [5.74, 6) is 0. The molecule has 0 aliphatic carbocycles. The second-order valence-electron chi connectivity index (χ2n) is 4.16. The molecular weight excluding hydrogens is 198 g/mol. The molecular formula is C13H15N3. The lowest BCUT2D eigenvalue weighted by atomic mass is 9.95. The van der Waals surface area contributed by atoms with Crippen LogP contribution < -0.4 is 5.73 Å². The number of hydrogen-bond donors (Lipinski definition) is 1. The Morgan fingerprint density at radius 3 is 2.88 bits per heavy atom. The van der Waals surface area contributed by atoms with Crippen molar-refractivity contribution >= 4 is 11.3 Å². The minimum absolute atomic E-state index is 0.647. The Hall–Kier alpha value is -1.79. The Morgan fingerprint density at radius 1 is 1.44 bits per heavy atom. The highest BCUT2D eigenvalue weighted by Gasteiger charge is 2.12. The van der Waals surface area contributed by atoms with E-state index in [0.29, 0.717) is 11.3 Å². The molecule has 0 spiro atoms. The lowest BCUT2D eigenvalue weighted by Crippen LogP contribution is -2.23. The zero-order valence-corrected chi connectivity index (χ0v) is 9.40. The minimum atomic E-state index is 0.647. The van der Waals surface area contributed by atoms with E-state index in [1.54, 1.807) is 6.07 Å². The molecule has 82 valence electrons. The van der Waals surface area contributed by atoms with Crippen molar-refractivity contribution in [3.05, 3.63) is 35.4 Å². The van der Waals surface area contributed by atoms with Crippen LogP contribution in [0.1, 0.15) is 17.5 Å². The van der Waals surface area contributed by atoms with Gasteiger partial charge in [0.1, 0.15) is 0 Å². The van der Waals surface area contributed by atoms with Gasteiger partial charge in [-0.05, 0) is 36.7 Å². The fraction of sp³-hybridized carbons (Fsp3) is 0.308. The first kappa shape index (κ1) is 10.7. The second-order valence-corrected chi connectivity index (χ2v) is 4.16. The smallest absolute Gasteiger partial charge is 0.0998 e. The maximum absolute atomic E-state index is 9.08. The van der Waals surface area contributed by atoms with Gasteiger partial charge in [-0.15, -0.1) is 0 Å². The molecule has 0 amide bonds. The van der Waals surface area contributed by atoms with Crippen molar-refractivity contribution in [2.75, 3.05) is 25.9 Å². The Balaban J connectivity index is 2.38. The normalized spacial score (nSPS) is 16.6. The van der Waals surface area contributed by atoms with Crippen LogP contribution in [0.25, 0.3) is 5.57 Å². The Labute approximate surface area is 95.8 Å². The molecule has 0 unspecified atom stereocenters. The van der Waals surface area contributed by atoms with Crippen molar-refractivity contribution in [1.82, 2.24) is 4.90 Å². The average molecular weight is 213 g/mol. The molecule has 1 heterocycles. The highest BCUT2D eigenvalue weighted by Crippen LogP contribution is 2.26. The molecule has 2 N–H and O–H groups in total. The summed E-state index contributed by atoms with van der Waals surface area (Å²) in [4.78, 5) is 2.26. The number of likely N-dealkylation sites (N-methyl/N-ethyl adjacent to an activating group) is 1. The Bertz CT molecular complexity index is 469. The van der Waals surface area contributed by atoms with Gasteiger partial charge >= 0.3 is 0 Å². The van der Waals surface area contributed by atoms with E-state index in [1.165, 1.54) is 5.57 Å². The quantitative estimate of drug-likeness (QED) is 0.724. The van der Waals surface area contributed by atoms with Gasteiger partial charge < -0.3 is 10.6 Å². The van der Waals surface area contributed by atoms with Gasteiger partial charge in [0, 0.05) is 18.8 Å². The number of benzene rings is 1. The molecule has 16 heavy (non-hydrogen) atoms. The van der Waals surface area contributed by atoms with Gasteiger partial charge in [0.05, 0.1) is 11.6 Å².